The molecule has 0 aliphatic heterocycles. The van der Waals surface area contributed by atoms with Crippen LogP contribution in [0.15, 0.2) is 61.2 Å². The molecule has 0 aliphatic rings. The fourth-order valence-electron chi connectivity index (χ4n) is 1.89. The first-order valence-electron chi connectivity index (χ1n) is 5.96. The Balaban J connectivity index is 1.92. The molecule has 0 amide bonds. The minimum absolute atomic E-state index is 0.850. The Morgan fingerprint density at radius 3 is 2.53 bits per heavy atom. The highest BCUT2D eigenvalue weighted by Gasteiger charge is 2.03. The quantitative estimate of drug-likeness (QED) is 0.718. The van der Waals surface area contributed by atoms with Crippen LogP contribution in [0.3, 0.4) is 0 Å². The van der Waals surface area contributed by atoms with Crippen molar-refractivity contribution in [2.75, 3.05) is 7.11 Å². The van der Waals surface area contributed by atoms with Gasteiger partial charge in [-0.25, -0.2) is 4.68 Å². The Labute approximate surface area is 111 Å². The standard InChI is InChI=1S/C15H13N3O/c1-19-15-6-4-12(5-7-15)13-9-17-18(11-13)14-3-2-8-16-10-14/h2-11H,1H3. The van der Waals surface area contributed by atoms with Gasteiger partial charge in [0.2, 0.25) is 0 Å². The molecule has 0 saturated heterocycles. The fraction of sp³-hybridized carbons (Fsp3) is 0.0667. The molecule has 4 nitrogen and oxygen atoms in total. The number of aromatic nitrogens is 3. The second kappa shape index (κ2) is 4.94. The minimum atomic E-state index is 0.850. The molecule has 4 heteroatoms. The summed E-state index contributed by atoms with van der Waals surface area (Å²) in [5.74, 6) is 0.850. The molecule has 94 valence electrons. The van der Waals surface area contributed by atoms with E-state index in [1.54, 1.807) is 19.5 Å². The predicted octanol–water partition coefficient (Wildman–Crippen LogP) is 2.94. The van der Waals surface area contributed by atoms with Crippen LogP contribution >= 0.6 is 0 Å². The number of rotatable bonds is 3. The van der Waals surface area contributed by atoms with Gasteiger partial charge in [-0.1, -0.05) is 12.1 Å². The Morgan fingerprint density at radius 2 is 1.84 bits per heavy atom. The molecule has 0 spiro atoms. The number of methoxy groups -OCH3 is 1. The second-order valence-electron chi connectivity index (χ2n) is 4.11. The van der Waals surface area contributed by atoms with Crippen LogP contribution < -0.4 is 4.74 Å². The summed E-state index contributed by atoms with van der Waals surface area (Å²) < 4.78 is 6.96. The molecule has 3 aromatic rings. The fourth-order valence-corrected chi connectivity index (χ4v) is 1.89. The smallest absolute Gasteiger partial charge is 0.118 e. The number of pyridine rings is 1. The second-order valence-corrected chi connectivity index (χ2v) is 4.11. The van der Waals surface area contributed by atoms with E-state index in [0.717, 1.165) is 22.6 Å². The monoisotopic (exact) mass is 251 g/mol. The van der Waals surface area contributed by atoms with Crippen molar-refractivity contribution in [3.05, 3.63) is 61.2 Å². The van der Waals surface area contributed by atoms with E-state index in [4.69, 9.17) is 4.74 Å². The SMILES string of the molecule is COc1ccc(-c2cnn(-c3cccnc3)c2)cc1. The highest BCUT2D eigenvalue weighted by molar-refractivity contribution is 5.63. The summed E-state index contributed by atoms with van der Waals surface area (Å²) in [6, 6.07) is 11.8. The van der Waals surface area contributed by atoms with Crippen molar-refractivity contribution in [2.24, 2.45) is 0 Å². The zero-order valence-corrected chi connectivity index (χ0v) is 10.5. The van der Waals surface area contributed by atoms with Crippen molar-refractivity contribution in [2.45, 2.75) is 0 Å². The molecule has 0 fully saturated rings. The number of benzene rings is 1. The zero-order chi connectivity index (χ0) is 13.1. The van der Waals surface area contributed by atoms with Crippen LogP contribution in [0.5, 0.6) is 5.75 Å². The van der Waals surface area contributed by atoms with Gasteiger partial charge in [0.15, 0.2) is 0 Å². The zero-order valence-electron chi connectivity index (χ0n) is 10.5. The summed E-state index contributed by atoms with van der Waals surface area (Å²) in [5, 5.41) is 4.35. The van der Waals surface area contributed by atoms with Gasteiger partial charge in [0.05, 0.1) is 25.2 Å². The topological polar surface area (TPSA) is 39.9 Å². The average Bonchev–Trinajstić information content (AvgIpc) is 2.98. The highest BCUT2D eigenvalue weighted by atomic mass is 16.5. The first-order chi connectivity index (χ1) is 9.36. The van der Waals surface area contributed by atoms with Crippen LogP contribution in [-0.2, 0) is 0 Å². The number of hydrogen-bond acceptors (Lipinski definition) is 3. The van der Waals surface area contributed by atoms with Gasteiger partial charge in [0.25, 0.3) is 0 Å². The summed E-state index contributed by atoms with van der Waals surface area (Å²) in [4.78, 5) is 4.09. The summed E-state index contributed by atoms with van der Waals surface area (Å²) in [6.07, 6.45) is 7.36. The van der Waals surface area contributed by atoms with Gasteiger partial charge in [-0.15, -0.1) is 0 Å². The molecule has 0 atom stereocenters. The van der Waals surface area contributed by atoms with Gasteiger partial charge in [-0.3, -0.25) is 4.98 Å². The van der Waals surface area contributed by atoms with Gasteiger partial charge < -0.3 is 4.74 Å². The Morgan fingerprint density at radius 1 is 1.00 bits per heavy atom. The molecule has 1 aromatic carbocycles. The molecule has 2 heterocycles. The van der Waals surface area contributed by atoms with Crippen LogP contribution in [0, 0.1) is 0 Å². The van der Waals surface area contributed by atoms with Gasteiger partial charge in [0, 0.05) is 18.0 Å². The maximum atomic E-state index is 5.15. The van der Waals surface area contributed by atoms with Gasteiger partial charge in [-0.05, 0) is 29.8 Å². The van der Waals surface area contributed by atoms with Crippen molar-refractivity contribution < 1.29 is 4.74 Å². The summed E-state index contributed by atoms with van der Waals surface area (Å²) in [7, 11) is 1.66. The Hall–Kier alpha value is -2.62. The van der Waals surface area contributed by atoms with Crippen LogP contribution in [0.2, 0.25) is 0 Å². The lowest BCUT2D eigenvalue weighted by Gasteiger charge is -2.01. The average molecular weight is 251 g/mol. The van der Waals surface area contributed by atoms with Crippen molar-refractivity contribution >= 4 is 0 Å². The molecular weight excluding hydrogens is 238 g/mol. The molecule has 0 N–H and O–H groups in total. The predicted molar refractivity (Wildman–Crippen MR) is 73.3 cm³/mol. The number of hydrogen-bond donors (Lipinski definition) is 0. The lowest BCUT2D eigenvalue weighted by atomic mass is 10.1. The van der Waals surface area contributed by atoms with E-state index in [1.165, 1.54) is 0 Å². The number of ether oxygens (including phenoxy) is 1. The van der Waals surface area contributed by atoms with Gasteiger partial charge >= 0.3 is 0 Å². The van der Waals surface area contributed by atoms with E-state index in [9.17, 15) is 0 Å². The van der Waals surface area contributed by atoms with Crippen molar-refractivity contribution in [1.29, 1.82) is 0 Å². The van der Waals surface area contributed by atoms with E-state index in [0.29, 0.717) is 0 Å². The van der Waals surface area contributed by atoms with E-state index in [1.807, 2.05) is 53.5 Å². The van der Waals surface area contributed by atoms with E-state index in [2.05, 4.69) is 10.1 Å². The molecule has 3 rings (SSSR count). The molecule has 0 aliphatic carbocycles. The lowest BCUT2D eigenvalue weighted by Crippen LogP contribution is -1.93. The number of nitrogens with zero attached hydrogens (tertiary/aromatic N) is 3. The summed E-state index contributed by atoms with van der Waals surface area (Å²) >= 11 is 0. The molecule has 19 heavy (non-hydrogen) atoms. The van der Waals surface area contributed by atoms with Gasteiger partial charge in [-0.2, -0.15) is 5.10 Å². The van der Waals surface area contributed by atoms with E-state index >= 15 is 0 Å². The third-order valence-corrected chi connectivity index (χ3v) is 2.92. The normalized spacial score (nSPS) is 10.4. The lowest BCUT2D eigenvalue weighted by molar-refractivity contribution is 0.415. The Bertz CT molecular complexity index is 659. The molecule has 0 bridgehead atoms. The van der Waals surface area contributed by atoms with Crippen molar-refractivity contribution in [3.8, 4) is 22.6 Å². The van der Waals surface area contributed by atoms with Crippen LogP contribution in [-0.4, -0.2) is 21.9 Å². The largest absolute Gasteiger partial charge is 0.497 e. The summed E-state index contributed by atoms with van der Waals surface area (Å²) in [5.41, 5.74) is 3.12. The molecular formula is C15H13N3O. The molecule has 0 unspecified atom stereocenters. The van der Waals surface area contributed by atoms with E-state index in [-0.39, 0.29) is 0 Å². The highest BCUT2D eigenvalue weighted by Crippen LogP contribution is 2.22. The van der Waals surface area contributed by atoms with E-state index < -0.39 is 0 Å². The minimum Gasteiger partial charge on any atom is -0.497 e. The Kier molecular flexibility index (Phi) is 2.98. The van der Waals surface area contributed by atoms with Crippen molar-refractivity contribution in [1.82, 2.24) is 14.8 Å². The molecule has 0 saturated carbocycles. The van der Waals surface area contributed by atoms with Crippen LogP contribution in [0.1, 0.15) is 0 Å². The molecule has 0 radical (unpaired) electrons. The molecule has 2 aromatic heterocycles. The van der Waals surface area contributed by atoms with Crippen LogP contribution in [0.4, 0.5) is 0 Å². The third-order valence-electron chi connectivity index (χ3n) is 2.92. The first-order valence-corrected chi connectivity index (χ1v) is 5.96. The maximum absolute atomic E-state index is 5.15. The maximum Gasteiger partial charge on any atom is 0.118 e. The van der Waals surface area contributed by atoms with Crippen molar-refractivity contribution in [3.63, 3.8) is 0 Å². The van der Waals surface area contributed by atoms with Gasteiger partial charge in [0.1, 0.15) is 5.75 Å². The summed E-state index contributed by atoms with van der Waals surface area (Å²) in [6.45, 7) is 0. The third kappa shape index (κ3) is 2.33. The first kappa shape index (κ1) is 11.5. The van der Waals surface area contributed by atoms with Crippen LogP contribution in [0.25, 0.3) is 16.8 Å².